The topological polar surface area (TPSA) is 29.5 Å². The van der Waals surface area contributed by atoms with Crippen molar-refractivity contribution in [1.82, 2.24) is 4.90 Å². The van der Waals surface area contributed by atoms with E-state index in [1.54, 1.807) is 17.0 Å². The number of amides is 1. The molecular weight excluding hydrogens is 310 g/mol. The highest BCUT2D eigenvalue weighted by Crippen LogP contribution is 2.21. The third kappa shape index (κ3) is 5.00. The van der Waals surface area contributed by atoms with Crippen LogP contribution in [0.5, 0.6) is 5.75 Å². The fourth-order valence-corrected chi connectivity index (χ4v) is 2.57. The molecule has 0 aliphatic heterocycles. The second kappa shape index (κ2) is 8.59. The van der Waals surface area contributed by atoms with Gasteiger partial charge in [0, 0.05) is 12.1 Å². The molecule has 1 amide bonds. The highest BCUT2D eigenvalue weighted by atomic mass is 35.5. The van der Waals surface area contributed by atoms with E-state index in [0.717, 1.165) is 17.7 Å². The summed E-state index contributed by atoms with van der Waals surface area (Å²) in [6, 6.07) is 17.1. The number of benzene rings is 2. The SMILES string of the molecule is CCC(C(=O)N(C)CCOc1ccc(Cl)cc1)c1ccccc1. The third-order valence-electron chi connectivity index (χ3n) is 3.79. The minimum Gasteiger partial charge on any atom is -0.492 e. The number of carbonyl (C=O) groups is 1. The molecule has 0 saturated heterocycles. The van der Waals surface area contributed by atoms with E-state index in [1.807, 2.05) is 56.4 Å². The van der Waals surface area contributed by atoms with E-state index in [9.17, 15) is 4.79 Å². The lowest BCUT2D eigenvalue weighted by atomic mass is 9.95. The molecule has 0 heterocycles. The van der Waals surface area contributed by atoms with Gasteiger partial charge in [-0.15, -0.1) is 0 Å². The first kappa shape index (κ1) is 17.4. The third-order valence-corrected chi connectivity index (χ3v) is 4.05. The van der Waals surface area contributed by atoms with E-state index in [2.05, 4.69) is 0 Å². The number of hydrogen-bond acceptors (Lipinski definition) is 2. The standard InChI is InChI=1S/C19H22ClNO2/c1-3-18(15-7-5-4-6-8-15)19(22)21(2)13-14-23-17-11-9-16(20)10-12-17/h4-12,18H,3,13-14H2,1-2H3. The molecule has 3 nitrogen and oxygen atoms in total. The Hall–Kier alpha value is -2.00. The van der Waals surface area contributed by atoms with Crippen molar-refractivity contribution in [1.29, 1.82) is 0 Å². The van der Waals surface area contributed by atoms with Crippen LogP contribution in [0.15, 0.2) is 54.6 Å². The lowest BCUT2D eigenvalue weighted by Crippen LogP contribution is -2.34. The minimum atomic E-state index is -0.100. The van der Waals surface area contributed by atoms with E-state index in [-0.39, 0.29) is 11.8 Å². The van der Waals surface area contributed by atoms with Gasteiger partial charge in [-0.25, -0.2) is 0 Å². The molecule has 0 bridgehead atoms. The lowest BCUT2D eigenvalue weighted by molar-refractivity contribution is -0.131. The van der Waals surface area contributed by atoms with Crippen LogP contribution in [-0.4, -0.2) is 31.0 Å². The fourth-order valence-electron chi connectivity index (χ4n) is 2.45. The fraction of sp³-hybridized carbons (Fsp3) is 0.316. The van der Waals surface area contributed by atoms with Crippen LogP contribution >= 0.6 is 11.6 Å². The molecule has 2 aromatic rings. The molecule has 0 fully saturated rings. The normalized spacial score (nSPS) is 11.8. The Kier molecular flexibility index (Phi) is 6.48. The number of rotatable bonds is 7. The van der Waals surface area contributed by atoms with Crippen LogP contribution in [0.2, 0.25) is 5.02 Å². The van der Waals surface area contributed by atoms with Crippen LogP contribution < -0.4 is 4.74 Å². The highest BCUT2D eigenvalue weighted by molar-refractivity contribution is 6.30. The molecule has 2 rings (SSSR count). The molecule has 0 N–H and O–H groups in total. The minimum absolute atomic E-state index is 0.100. The summed E-state index contributed by atoms with van der Waals surface area (Å²) in [5.74, 6) is 0.778. The van der Waals surface area contributed by atoms with Crippen LogP contribution in [0.25, 0.3) is 0 Å². The molecule has 1 unspecified atom stereocenters. The second-order valence-corrected chi connectivity index (χ2v) is 5.87. The van der Waals surface area contributed by atoms with Gasteiger partial charge < -0.3 is 9.64 Å². The molecule has 23 heavy (non-hydrogen) atoms. The molecule has 0 radical (unpaired) electrons. The summed E-state index contributed by atoms with van der Waals surface area (Å²) in [7, 11) is 1.82. The predicted octanol–water partition coefficient (Wildman–Crippen LogP) is 4.37. The van der Waals surface area contributed by atoms with E-state index < -0.39 is 0 Å². The molecular formula is C19H22ClNO2. The van der Waals surface area contributed by atoms with E-state index in [4.69, 9.17) is 16.3 Å². The summed E-state index contributed by atoms with van der Waals surface area (Å²) in [4.78, 5) is 14.3. The zero-order chi connectivity index (χ0) is 16.7. The van der Waals surface area contributed by atoms with Gasteiger partial charge in [0.05, 0.1) is 12.5 Å². The van der Waals surface area contributed by atoms with Crippen molar-refractivity contribution in [2.75, 3.05) is 20.2 Å². The van der Waals surface area contributed by atoms with Crippen LogP contribution in [0.1, 0.15) is 24.8 Å². The van der Waals surface area contributed by atoms with Gasteiger partial charge in [-0.3, -0.25) is 4.79 Å². The average molecular weight is 332 g/mol. The zero-order valence-electron chi connectivity index (χ0n) is 13.5. The first-order valence-electron chi connectivity index (χ1n) is 7.80. The number of ether oxygens (including phenoxy) is 1. The van der Waals surface area contributed by atoms with Crippen LogP contribution in [0.3, 0.4) is 0 Å². The average Bonchev–Trinajstić information content (AvgIpc) is 2.58. The Morgan fingerprint density at radius 3 is 2.39 bits per heavy atom. The quantitative estimate of drug-likeness (QED) is 0.754. The van der Waals surface area contributed by atoms with E-state index in [0.29, 0.717) is 18.2 Å². The molecule has 0 saturated carbocycles. The Balaban J connectivity index is 1.87. The predicted molar refractivity (Wildman–Crippen MR) is 94.1 cm³/mol. The van der Waals surface area contributed by atoms with Crippen LogP contribution in [0, 0.1) is 0 Å². The van der Waals surface area contributed by atoms with Gasteiger partial charge in [0.2, 0.25) is 5.91 Å². The lowest BCUT2D eigenvalue weighted by Gasteiger charge is -2.23. The largest absolute Gasteiger partial charge is 0.492 e. The molecule has 2 aromatic carbocycles. The molecule has 0 aromatic heterocycles. The van der Waals surface area contributed by atoms with E-state index >= 15 is 0 Å². The van der Waals surface area contributed by atoms with Gasteiger partial charge in [-0.2, -0.15) is 0 Å². The molecule has 0 spiro atoms. The molecule has 4 heteroatoms. The number of carbonyl (C=O) groups excluding carboxylic acids is 1. The monoisotopic (exact) mass is 331 g/mol. The summed E-state index contributed by atoms with van der Waals surface area (Å²) in [5.41, 5.74) is 1.06. The number of halogens is 1. The number of nitrogens with zero attached hydrogens (tertiary/aromatic N) is 1. The summed E-state index contributed by atoms with van der Waals surface area (Å²) in [6.45, 7) is 3.04. The molecule has 122 valence electrons. The van der Waals surface area contributed by atoms with Crippen molar-refractivity contribution < 1.29 is 9.53 Å². The van der Waals surface area contributed by atoms with Crippen molar-refractivity contribution in [2.45, 2.75) is 19.3 Å². The Labute approximate surface area is 142 Å². The van der Waals surface area contributed by atoms with Crippen molar-refractivity contribution in [3.05, 3.63) is 65.2 Å². The second-order valence-electron chi connectivity index (χ2n) is 5.43. The van der Waals surface area contributed by atoms with E-state index in [1.165, 1.54) is 0 Å². The van der Waals surface area contributed by atoms with Crippen molar-refractivity contribution >= 4 is 17.5 Å². The van der Waals surface area contributed by atoms with Gasteiger partial charge in [0.1, 0.15) is 12.4 Å². The van der Waals surface area contributed by atoms with Gasteiger partial charge in [0.25, 0.3) is 0 Å². The first-order valence-corrected chi connectivity index (χ1v) is 8.18. The smallest absolute Gasteiger partial charge is 0.229 e. The Bertz CT molecular complexity index is 613. The molecule has 0 aliphatic rings. The summed E-state index contributed by atoms with van der Waals surface area (Å²) >= 11 is 5.84. The molecule has 1 atom stereocenters. The van der Waals surface area contributed by atoms with Gasteiger partial charge >= 0.3 is 0 Å². The first-order chi connectivity index (χ1) is 11.1. The maximum absolute atomic E-state index is 12.6. The highest BCUT2D eigenvalue weighted by Gasteiger charge is 2.21. The van der Waals surface area contributed by atoms with Crippen molar-refractivity contribution in [2.24, 2.45) is 0 Å². The van der Waals surface area contributed by atoms with Crippen molar-refractivity contribution in [3.8, 4) is 5.75 Å². The van der Waals surface area contributed by atoms with Gasteiger partial charge in [-0.05, 0) is 36.2 Å². The Morgan fingerprint density at radius 1 is 1.13 bits per heavy atom. The van der Waals surface area contributed by atoms with Gasteiger partial charge in [-0.1, -0.05) is 48.9 Å². The number of likely N-dealkylation sites (N-methyl/N-ethyl adjacent to an activating group) is 1. The summed E-state index contributed by atoms with van der Waals surface area (Å²) in [6.07, 6.45) is 0.783. The Morgan fingerprint density at radius 2 is 1.78 bits per heavy atom. The van der Waals surface area contributed by atoms with Gasteiger partial charge in [0.15, 0.2) is 0 Å². The zero-order valence-corrected chi connectivity index (χ0v) is 14.3. The van der Waals surface area contributed by atoms with Crippen LogP contribution in [-0.2, 0) is 4.79 Å². The maximum Gasteiger partial charge on any atom is 0.229 e. The summed E-state index contributed by atoms with van der Waals surface area (Å²) < 4.78 is 5.65. The van der Waals surface area contributed by atoms with Crippen molar-refractivity contribution in [3.63, 3.8) is 0 Å². The maximum atomic E-state index is 12.6. The molecule has 0 aliphatic carbocycles. The number of hydrogen-bond donors (Lipinski definition) is 0. The summed E-state index contributed by atoms with van der Waals surface area (Å²) in [5, 5.41) is 0.679. The van der Waals surface area contributed by atoms with Crippen LogP contribution in [0.4, 0.5) is 0 Å².